The number of amides is 1. The van der Waals surface area contributed by atoms with Crippen molar-refractivity contribution in [1.82, 2.24) is 24.6 Å². The van der Waals surface area contributed by atoms with Crippen molar-refractivity contribution < 1.29 is 9.53 Å². The summed E-state index contributed by atoms with van der Waals surface area (Å²) >= 11 is 0. The molecule has 1 aromatic carbocycles. The van der Waals surface area contributed by atoms with Crippen LogP contribution in [0.3, 0.4) is 0 Å². The van der Waals surface area contributed by atoms with Crippen molar-refractivity contribution in [2.45, 2.75) is 45.2 Å². The van der Waals surface area contributed by atoms with Crippen LogP contribution in [0.1, 0.15) is 48.7 Å². The molecular formula is C24H31N5O3. The smallest absolute Gasteiger partial charge is 0.259 e. The number of carbonyl (C=O) groups excluding carboxylic acids is 1. The maximum atomic E-state index is 13.6. The molecule has 4 heterocycles. The van der Waals surface area contributed by atoms with E-state index in [4.69, 9.17) is 4.74 Å². The minimum Gasteiger partial charge on any atom is -0.381 e. The summed E-state index contributed by atoms with van der Waals surface area (Å²) in [6.45, 7) is 9.88. The molecular weight excluding hydrogens is 406 g/mol. The standard InChI is InChI=1S/C24H31N5O3/c1-15-11-20-18(12-17(15)23(31)28-8-7-27(4)24(2,3)14-28)21-19(22(30)26-20)13-25-29(21)16-5-9-32-10-6-16/h11-13,16H,5-10,14H2,1-4H3,(H,26,30). The first-order chi connectivity index (χ1) is 15.3. The van der Waals surface area contributed by atoms with Gasteiger partial charge < -0.3 is 14.6 Å². The maximum Gasteiger partial charge on any atom is 0.259 e. The Morgan fingerprint density at radius 3 is 2.66 bits per heavy atom. The zero-order valence-corrected chi connectivity index (χ0v) is 19.3. The van der Waals surface area contributed by atoms with Crippen LogP contribution >= 0.6 is 0 Å². The van der Waals surface area contributed by atoms with Crippen molar-refractivity contribution in [3.8, 4) is 0 Å². The van der Waals surface area contributed by atoms with Crippen LogP contribution in [-0.4, -0.2) is 75.9 Å². The Morgan fingerprint density at radius 1 is 1.19 bits per heavy atom. The molecule has 8 heteroatoms. The van der Waals surface area contributed by atoms with Gasteiger partial charge in [0.25, 0.3) is 11.5 Å². The summed E-state index contributed by atoms with van der Waals surface area (Å²) in [5.41, 5.74) is 2.88. The Hall–Kier alpha value is -2.71. The van der Waals surface area contributed by atoms with Gasteiger partial charge in [-0.15, -0.1) is 0 Å². The molecule has 0 radical (unpaired) electrons. The normalized spacial score (nSPS) is 20.3. The first-order valence-corrected chi connectivity index (χ1v) is 11.4. The largest absolute Gasteiger partial charge is 0.381 e. The molecule has 2 aliphatic rings. The lowest BCUT2D eigenvalue weighted by molar-refractivity contribution is 0.0311. The molecule has 0 spiro atoms. The van der Waals surface area contributed by atoms with Crippen molar-refractivity contribution in [2.75, 3.05) is 39.9 Å². The van der Waals surface area contributed by atoms with E-state index in [0.29, 0.717) is 37.3 Å². The Bertz CT molecular complexity index is 1250. The summed E-state index contributed by atoms with van der Waals surface area (Å²) < 4.78 is 7.49. The molecule has 2 aliphatic heterocycles. The summed E-state index contributed by atoms with van der Waals surface area (Å²) in [6, 6.07) is 4.06. The summed E-state index contributed by atoms with van der Waals surface area (Å²) in [6.07, 6.45) is 3.37. The fourth-order valence-electron chi connectivity index (χ4n) is 5.01. The quantitative estimate of drug-likeness (QED) is 0.667. The number of ether oxygens (including phenoxy) is 1. The molecule has 0 unspecified atom stereocenters. The molecule has 2 saturated heterocycles. The lowest BCUT2D eigenvalue weighted by Crippen LogP contribution is -2.58. The number of benzene rings is 1. The Balaban J connectivity index is 1.63. The summed E-state index contributed by atoms with van der Waals surface area (Å²) in [7, 11) is 2.10. The van der Waals surface area contributed by atoms with E-state index in [1.165, 1.54) is 0 Å². The number of hydrogen-bond donors (Lipinski definition) is 1. The number of piperazine rings is 1. The Labute approximate surface area is 187 Å². The molecule has 0 aliphatic carbocycles. The van der Waals surface area contributed by atoms with Crippen LogP contribution in [0.4, 0.5) is 0 Å². The fourth-order valence-corrected chi connectivity index (χ4v) is 5.01. The van der Waals surface area contributed by atoms with Crippen LogP contribution < -0.4 is 5.56 Å². The molecule has 1 amide bonds. The van der Waals surface area contributed by atoms with Crippen LogP contribution in [0, 0.1) is 6.92 Å². The average molecular weight is 438 g/mol. The number of pyridine rings is 1. The number of aryl methyl sites for hydroxylation is 1. The summed E-state index contributed by atoms with van der Waals surface area (Å²) in [5, 5.41) is 6.01. The second kappa shape index (κ2) is 7.71. The van der Waals surface area contributed by atoms with E-state index in [9.17, 15) is 9.59 Å². The van der Waals surface area contributed by atoms with Gasteiger partial charge in [0.2, 0.25) is 0 Å². The summed E-state index contributed by atoms with van der Waals surface area (Å²) in [4.78, 5) is 33.6. The number of likely N-dealkylation sites (N-methyl/N-ethyl adjacent to an activating group) is 1. The van der Waals surface area contributed by atoms with Gasteiger partial charge in [-0.2, -0.15) is 5.10 Å². The third-order valence-electron chi connectivity index (χ3n) is 7.28. The molecule has 170 valence electrons. The van der Waals surface area contributed by atoms with Gasteiger partial charge in [-0.3, -0.25) is 19.2 Å². The van der Waals surface area contributed by atoms with Crippen LogP contribution in [0.2, 0.25) is 0 Å². The van der Waals surface area contributed by atoms with Crippen molar-refractivity contribution in [3.05, 3.63) is 39.8 Å². The summed E-state index contributed by atoms with van der Waals surface area (Å²) in [5.74, 6) is 0.0436. The van der Waals surface area contributed by atoms with Crippen molar-refractivity contribution in [2.24, 2.45) is 0 Å². The number of H-pyrrole nitrogens is 1. The topological polar surface area (TPSA) is 83.5 Å². The number of aromatic nitrogens is 3. The van der Waals surface area contributed by atoms with Crippen LogP contribution in [-0.2, 0) is 4.74 Å². The molecule has 0 bridgehead atoms. The van der Waals surface area contributed by atoms with Gasteiger partial charge in [-0.05, 0) is 58.4 Å². The van der Waals surface area contributed by atoms with Crippen LogP contribution in [0.15, 0.2) is 23.1 Å². The van der Waals surface area contributed by atoms with Gasteiger partial charge in [0.05, 0.1) is 28.7 Å². The van der Waals surface area contributed by atoms with E-state index in [0.717, 1.165) is 41.4 Å². The van der Waals surface area contributed by atoms with E-state index in [1.807, 2.05) is 28.6 Å². The maximum absolute atomic E-state index is 13.6. The van der Waals surface area contributed by atoms with Gasteiger partial charge in [0.1, 0.15) is 0 Å². The number of nitrogens with zero attached hydrogens (tertiary/aromatic N) is 4. The van der Waals surface area contributed by atoms with Crippen LogP contribution in [0.25, 0.3) is 21.8 Å². The first kappa shape index (κ1) is 21.2. The molecule has 3 aromatic rings. The monoisotopic (exact) mass is 437 g/mol. The van der Waals surface area contributed by atoms with Crippen molar-refractivity contribution >= 4 is 27.7 Å². The molecule has 0 saturated carbocycles. The highest BCUT2D eigenvalue weighted by molar-refractivity contribution is 6.07. The second-order valence-corrected chi connectivity index (χ2v) is 9.82. The van der Waals surface area contributed by atoms with Gasteiger partial charge in [0.15, 0.2) is 0 Å². The van der Waals surface area contributed by atoms with E-state index in [2.05, 4.69) is 35.9 Å². The predicted molar refractivity (Wildman–Crippen MR) is 124 cm³/mol. The highest BCUT2D eigenvalue weighted by atomic mass is 16.5. The molecule has 2 fully saturated rings. The molecule has 32 heavy (non-hydrogen) atoms. The fraction of sp³-hybridized carbons (Fsp3) is 0.542. The van der Waals surface area contributed by atoms with Crippen molar-refractivity contribution in [1.29, 1.82) is 0 Å². The Kier molecular flexibility index (Phi) is 5.09. The van der Waals surface area contributed by atoms with Crippen molar-refractivity contribution in [3.63, 3.8) is 0 Å². The molecule has 2 aromatic heterocycles. The molecule has 0 atom stereocenters. The SMILES string of the molecule is Cc1cc2[nH]c(=O)c3cnn(C4CCOCC4)c3c2cc1C(=O)N1CCN(C)C(C)(C)C1. The number of fused-ring (bicyclic) bond motifs is 3. The number of nitrogens with one attached hydrogen (secondary N) is 1. The lowest BCUT2D eigenvalue weighted by atomic mass is 9.97. The molecule has 1 N–H and O–H groups in total. The number of hydrogen-bond acceptors (Lipinski definition) is 5. The van der Waals surface area contributed by atoms with E-state index < -0.39 is 0 Å². The highest BCUT2D eigenvalue weighted by Crippen LogP contribution is 2.30. The molecule has 5 rings (SSSR count). The molecule has 8 nitrogen and oxygen atoms in total. The third-order valence-corrected chi connectivity index (χ3v) is 7.28. The zero-order valence-electron chi connectivity index (χ0n) is 19.3. The third kappa shape index (κ3) is 3.42. The number of aromatic amines is 1. The second-order valence-electron chi connectivity index (χ2n) is 9.82. The number of rotatable bonds is 2. The van der Waals surface area contributed by atoms with E-state index >= 15 is 0 Å². The average Bonchev–Trinajstić information content (AvgIpc) is 3.21. The van der Waals surface area contributed by atoms with Gasteiger partial charge >= 0.3 is 0 Å². The van der Waals surface area contributed by atoms with Gasteiger partial charge in [0, 0.05) is 49.3 Å². The number of carbonyl (C=O) groups is 1. The minimum atomic E-state index is -0.148. The highest BCUT2D eigenvalue weighted by Gasteiger charge is 2.34. The van der Waals surface area contributed by atoms with Gasteiger partial charge in [-0.25, -0.2) is 0 Å². The van der Waals surface area contributed by atoms with E-state index in [-0.39, 0.29) is 23.0 Å². The zero-order chi connectivity index (χ0) is 22.6. The Morgan fingerprint density at radius 2 is 1.94 bits per heavy atom. The minimum absolute atomic E-state index is 0.0436. The first-order valence-electron chi connectivity index (χ1n) is 11.4. The van der Waals surface area contributed by atoms with Gasteiger partial charge in [-0.1, -0.05) is 0 Å². The van der Waals surface area contributed by atoms with E-state index in [1.54, 1.807) is 6.20 Å². The lowest BCUT2D eigenvalue weighted by Gasteiger charge is -2.45. The van der Waals surface area contributed by atoms with Crippen LogP contribution in [0.5, 0.6) is 0 Å². The predicted octanol–water partition coefficient (Wildman–Crippen LogP) is 2.70.